The number of alkyl carbamates (subject to hydrolysis) is 1. The lowest BCUT2D eigenvalue weighted by molar-refractivity contribution is -0.128. The lowest BCUT2D eigenvalue weighted by atomic mass is 10.0. The highest BCUT2D eigenvalue weighted by Gasteiger charge is 2.27. The Hall–Kier alpha value is -3.42. The Morgan fingerprint density at radius 1 is 0.968 bits per heavy atom. The topological polar surface area (TPSA) is 111 Å². The number of carbonyl (C=O) groups is 3. The number of halogens is 1. The van der Waals surface area contributed by atoms with E-state index >= 15 is 0 Å². The van der Waals surface area contributed by atoms with Crippen molar-refractivity contribution in [3.8, 4) is 0 Å². The normalized spacial score (nSPS) is 12.6. The maximum Gasteiger partial charge on any atom is 0.408 e. The third-order valence-corrected chi connectivity index (χ3v) is 4.57. The first-order valence-electron chi connectivity index (χ1n) is 10.1. The average molecular weight is 429 g/mol. The molecule has 2 aromatic rings. The number of nitrogens with two attached hydrogens (primary N) is 1. The van der Waals surface area contributed by atoms with Gasteiger partial charge in [-0.15, -0.1) is 0 Å². The highest BCUT2D eigenvalue weighted by Crippen LogP contribution is 2.11. The molecule has 0 unspecified atom stereocenters. The van der Waals surface area contributed by atoms with Crippen LogP contribution >= 0.6 is 0 Å². The minimum Gasteiger partial charge on any atom is -0.445 e. The molecule has 0 aliphatic carbocycles. The SMILES string of the molecule is CC(C)C[C@H](NC(=O)[C@@H](Cc1ccccc1F)NC(=O)OCc1ccccc1)C(N)=O. The van der Waals surface area contributed by atoms with Crippen molar-refractivity contribution in [2.75, 3.05) is 0 Å². The Morgan fingerprint density at radius 3 is 2.23 bits per heavy atom. The minimum atomic E-state index is -1.16. The number of ether oxygens (including phenoxy) is 1. The molecule has 7 nitrogen and oxygen atoms in total. The van der Waals surface area contributed by atoms with Crippen LogP contribution in [0.3, 0.4) is 0 Å². The van der Waals surface area contributed by atoms with Crippen molar-refractivity contribution in [1.29, 1.82) is 0 Å². The summed E-state index contributed by atoms with van der Waals surface area (Å²) in [6, 6.07) is 12.9. The summed E-state index contributed by atoms with van der Waals surface area (Å²) in [7, 11) is 0. The van der Waals surface area contributed by atoms with Crippen LogP contribution in [0.15, 0.2) is 54.6 Å². The second-order valence-corrected chi connectivity index (χ2v) is 7.65. The number of nitrogens with one attached hydrogen (secondary N) is 2. The molecule has 0 radical (unpaired) electrons. The summed E-state index contributed by atoms with van der Waals surface area (Å²) in [5.41, 5.74) is 6.42. The number of carbonyl (C=O) groups excluding carboxylic acids is 3. The summed E-state index contributed by atoms with van der Waals surface area (Å²) in [6.07, 6.45) is -0.613. The summed E-state index contributed by atoms with van der Waals surface area (Å²) >= 11 is 0. The first-order chi connectivity index (χ1) is 14.8. The van der Waals surface area contributed by atoms with Crippen LogP contribution in [0.4, 0.5) is 9.18 Å². The van der Waals surface area contributed by atoms with Crippen LogP contribution in [0.2, 0.25) is 0 Å². The van der Waals surface area contributed by atoms with Gasteiger partial charge in [0, 0.05) is 6.42 Å². The highest BCUT2D eigenvalue weighted by molar-refractivity contribution is 5.90. The van der Waals surface area contributed by atoms with E-state index in [2.05, 4.69) is 10.6 Å². The van der Waals surface area contributed by atoms with Gasteiger partial charge in [0.05, 0.1) is 0 Å². The Kier molecular flexibility index (Phi) is 8.99. The van der Waals surface area contributed by atoms with Gasteiger partial charge in [-0.05, 0) is 29.5 Å². The van der Waals surface area contributed by atoms with E-state index < -0.39 is 35.8 Å². The third-order valence-electron chi connectivity index (χ3n) is 4.57. The molecule has 31 heavy (non-hydrogen) atoms. The van der Waals surface area contributed by atoms with Gasteiger partial charge in [-0.1, -0.05) is 62.4 Å². The molecule has 166 valence electrons. The molecule has 0 saturated carbocycles. The predicted octanol–water partition coefficient (Wildman–Crippen LogP) is 2.68. The van der Waals surface area contributed by atoms with Crippen LogP contribution in [-0.2, 0) is 27.4 Å². The zero-order chi connectivity index (χ0) is 22.8. The Morgan fingerprint density at radius 2 is 1.61 bits per heavy atom. The zero-order valence-corrected chi connectivity index (χ0v) is 17.6. The smallest absolute Gasteiger partial charge is 0.408 e. The molecule has 0 fully saturated rings. The van der Waals surface area contributed by atoms with Crippen molar-refractivity contribution in [3.05, 3.63) is 71.5 Å². The lowest BCUT2D eigenvalue weighted by Crippen LogP contribution is -2.54. The van der Waals surface area contributed by atoms with Gasteiger partial charge >= 0.3 is 6.09 Å². The number of rotatable bonds is 10. The van der Waals surface area contributed by atoms with Crippen molar-refractivity contribution in [2.45, 2.75) is 45.4 Å². The molecule has 0 heterocycles. The van der Waals surface area contributed by atoms with E-state index in [0.29, 0.717) is 6.42 Å². The molecule has 3 amide bonds. The van der Waals surface area contributed by atoms with Gasteiger partial charge in [0.25, 0.3) is 0 Å². The molecule has 4 N–H and O–H groups in total. The Balaban J connectivity index is 2.11. The van der Waals surface area contributed by atoms with Gasteiger partial charge in [0.2, 0.25) is 11.8 Å². The molecule has 2 rings (SSSR count). The molecule has 0 aliphatic rings. The van der Waals surface area contributed by atoms with E-state index in [-0.39, 0.29) is 24.5 Å². The van der Waals surface area contributed by atoms with Crippen LogP contribution in [0, 0.1) is 11.7 Å². The zero-order valence-electron chi connectivity index (χ0n) is 17.6. The van der Waals surface area contributed by atoms with Crippen LogP contribution in [0.25, 0.3) is 0 Å². The number of hydrogen-bond acceptors (Lipinski definition) is 4. The second kappa shape index (κ2) is 11.7. The van der Waals surface area contributed by atoms with Crippen LogP contribution in [0.5, 0.6) is 0 Å². The average Bonchev–Trinajstić information content (AvgIpc) is 2.73. The standard InChI is InChI=1S/C23H28FN3O4/c1-15(2)12-19(21(25)28)26-22(29)20(13-17-10-6-7-11-18(17)24)27-23(30)31-14-16-8-4-3-5-9-16/h3-11,15,19-20H,12-14H2,1-2H3,(H2,25,28)(H,26,29)(H,27,30)/t19-,20+/m0/s1. The number of amides is 3. The summed E-state index contributed by atoms with van der Waals surface area (Å²) in [4.78, 5) is 36.9. The van der Waals surface area contributed by atoms with Crippen LogP contribution in [0.1, 0.15) is 31.4 Å². The van der Waals surface area contributed by atoms with E-state index in [4.69, 9.17) is 10.5 Å². The first kappa shape index (κ1) is 23.9. The van der Waals surface area contributed by atoms with Crippen molar-refractivity contribution >= 4 is 17.9 Å². The van der Waals surface area contributed by atoms with Crippen LogP contribution < -0.4 is 16.4 Å². The monoisotopic (exact) mass is 429 g/mol. The third kappa shape index (κ3) is 8.08. The Bertz CT molecular complexity index is 889. The lowest BCUT2D eigenvalue weighted by Gasteiger charge is -2.23. The maximum absolute atomic E-state index is 14.1. The molecule has 0 spiro atoms. The van der Waals surface area contributed by atoms with Crippen molar-refractivity contribution in [2.24, 2.45) is 11.7 Å². The van der Waals surface area contributed by atoms with Gasteiger partial charge in [-0.2, -0.15) is 0 Å². The van der Waals surface area contributed by atoms with Crippen molar-refractivity contribution < 1.29 is 23.5 Å². The van der Waals surface area contributed by atoms with Gasteiger partial charge in [0.1, 0.15) is 24.5 Å². The quantitative estimate of drug-likeness (QED) is 0.539. The van der Waals surface area contributed by atoms with Crippen molar-refractivity contribution in [3.63, 3.8) is 0 Å². The number of benzene rings is 2. The highest BCUT2D eigenvalue weighted by atomic mass is 19.1. The molecule has 8 heteroatoms. The van der Waals surface area contributed by atoms with Gasteiger partial charge in [-0.25, -0.2) is 9.18 Å². The molecular weight excluding hydrogens is 401 g/mol. The Labute approximate surface area is 181 Å². The van der Waals surface area contributed by atoms with E-state index in [0.717, 1.165) is 5.56 Å². The molecule has 0 aliphatic heterocycles. The van der Waals surface area contributed by atoms with E-state index in [1.807, 2.05) is 32.0 Å². The molecule has 0 bridgehead atoms. The summed E-state index contributed by atoms with van der Waals surface area (Å²) in [6.45, 7) is 3.79. The number of primary amides is 1. The molecule has 2 aromatic carbocycles. The van der Waals surface area contributed by atoms with E-state index in [1.165, 1.54) is 18.2 Å². The van der Waals surface area contributed by atoms with Gasteiger partial charge in [0.15, 0.2) is 0 Å². The summed E-state index contributed by atoms with van der Waals surface area (Å²) in [5.74, 6) is -1.73. The minimum absolute atomic E-state index is 0.0119. The van der Waals surface area contributed by atoms with Gasteiger partial charge in [-0.3, -0.25) is 9.59 Å². The van der Waals surface area contributed by atoms with E-state index in [1.54, 1.807) is 18.2 Å². The largest absolute Gasteiger partial charge is 0.445 e. The van der Waals surface area contributed by atoms with Crippen molar-refractivity contribution in [1.82, 2.24) is 10.6 Å². The summed E-state index contributed by atoms with van der Waals surface area (Å²) in [5, 5.41) is 5.03. The maximum atomic E-state index is 14.1. The molecular formula is C23H28FN3O4. The second-order valence-electron chi connectivity index (χ2n) is 7.65. The summed E-state index contributed by atoms with van der Waals surface area (Å²) < 4.78 is 19.3. The fourth-order valence-electron chi connectivity index (χ4n) is 2.99. The molecule has 2 atom stereocenters. The fourth-order valence-corrected chi connectivity index (χ4v) is 2.99. The molecule has 0 saturated heterocycles. The first-order valence-corrected chi connectivity index (χ1v) is 10.1. The predicted molar refractivity (Wildman–Crippen MR) is 114 cm³/mol. The van der Waals surface area contributed by atoms with Gasteiger partial charge < -0.3 is 21.1 Å². The van der Waals surface area contributed by atoms with E-state index in [9.17, 15) is 18.8 Å². The van der Waals surface area contributed by atoms with Crippen LogP contribution in [-0.4, -0.2) is 30.0 Å². The molecule has 0 aromatic heterocycles. The fraction of sp³-hybridized carbons (Fsp3) is 0.348. The number of hydrogen-bond donors (Lipinski definition) is 3.